The number of rotatable bonds is 4. The molecule has 8 heteroatoms. The normalized spacial score (nSPS) is 9.78. The van der Waals surface area contributed by atoms with Crippen molar-refractivity contribution in [1.82, 2.24) is 19.7 Å². The largest absolute Gasteiger partial charge is 0.465 e. The predicted octanol–water partition coefficient (Wildman–Crippen LogP) is 2.61. The fourth-order valence-corrected chi connectivity index (χ4v) is 1.86. The van der Waals surface area contributed by atoms with Gasteiger partial charge in [-0.15, -0.1) is 12.4 Å². The third-order valence-corrected chi connectivity index (χ3v) is 2.91. The molecule has 3 aromatic rings. The van der Waals surface area contributed by atoms with E-state index in [1.165, 1.54) is 13.3 Å². The zero-order valence-corrected chi connectivity index (χ0v) is 13.0. The van der Waals surface area contributed by atoms with Crippen molar-refractivity contribution in [2.45, 2.75) is 0 Å². The van der Waals surface area contributed by atoms with E-state index in [1.807, 2.05) is 30.5 Å². The maximum absolute atomic E-state index is 11.4. The lowest BCUT2D eigenvalue weighted by atomic mass is 10.3. The van der Waals surface area contributed by atoms with E-state index in [9.17, 15) is 4.79 Å². The first-order valence-corrected chi connectivity index (χ1v) is 6.55. The summed E-state index contributed by atoms with van der Waals surface area (Å²) in [6.45, 7) is 0. The number of halogens is 1. The second-order valence-corrected chi connectivity index (χ2v) is 4.38. The average molecular weight is 332 g/mol. The highest BCUT2D eigenvalue weighted by Gasteiger charge is 2.06. The Morgan fingerprint density at radius 2 is 2.04 bits per heavy atom. The number of pyridine rings is 2. The molecule has 0 aliphatic heterocycles. The van der Waals surface area contributed by atoms with Crippen molar-refractivity contribution < 1.29 is 9.53 Å². The van der Waals surface area contributed by atoms with Crippen LogP contribution in [0.3, 0.4) is 0 Å². The number of hydrogen-bond donors (Lipinski definition) is 1. The molecule has 0 aliphatic carbocycles. The molecule has 0 spiro atoms. The lowest BCUT2D eigenvalue weighted by Crippen LogP contribution is -2.04. The molecule has 0 fully saturated rings. The van der Waals surface area contributed by atoms with Crippen LogP contribution in [0, 0.1) is 0 Å². The Morgan fingerprint density at radius 1 is 1.17 bits per heavy atom. The number of ether oxygens (including phenoxy) is 1. The van der Waals surface area contributed by atoms with Crippen LogP contribution in [0.2, 0.25) is 0 Å². The molecule has 3 heterocycles. The summed E-state index contributed by atoms with van der Waals surface area (Å²) in [5.74, 6) is 1.49. The van der Waals surface area contributed by atoms with Gasteiger partial charge in [-0.05, 0) is 30.3 Å². The van der Waals surface area contributed by atoms with Gasteiger partial charge in [-0.25, -0.2) is 19.4 Å². The summed E-state index contributed by atoms with van der Waals surface area (Å²) in [4.78, 5) is 20.0. The van der Waals surface area contributed by atoms with Crippen molar-refractivity contribution in [3.05, 3.63) is 60.6 Å². The Bertz CT molecular complexity index is 775. The van der Waals surface area contributed by atoms with Crippen LogP contribution in [0.4, 0.5) is 11.6 Å². The Hall–Kier alpha value is -2.93. The number of hydrogen-bond acceptors (Lipinski definition) is 6. The Labute approximate surface area is 138 Å². The number of anilines is 2. The van der Waals surface area contributed by atoms with Gasteiger partial charge in [0.1, 0.15) is 11.6 Å². The molecule has 0 saturated carbocycles. The molecule has 1 N–H and O–H groups in total. The fourth-order valence-electron chi connectivity index (χ4n) is 1.86. The molecule has 0 aromatic carbocycles. The van der Waals surface area contributed by atoms with Crippen molar-refractivity contribution in [2.75, 3.05) is 12.4 Å². The van der Waals surface area contributed by atoms with E-state index in [4.69, 9.17) is 0 Å². The van der Waals surface area contributed by atoms with E-state index in [0.717, 1.165) is 0 Å². The van der Waals surface area contributed by atoms with Gasteiger partial charge in [0.05, 0.1) is 12.7 Å². The Balaban J connectivity index is 0.00000192. The zero-order chi connectivity index (χ0) is 15.4. The maximum atomic E-state index is 11.4. The van der Waals surface area contributed by atoms with Crippen LogP contribution in [-0.4, -0.2) is 32.8 Å². The number of esters is 1. The van der Waals surface area contributed by atoms with Crippen molar-refractivity contribution >= 4 is 30.0 Å². The van der Waals surface area contributed by atoms with Crippen molar-refractivity contribution in [1.29, 1.82) is 0 Å². The van der Waals surface area contributed by atoms with Crippen molar-refractivity contribution in [3.8, 4) is 5.82 Å². The Morgan fingerprint density at radius 3 is 2.70 bits per heavy atom. The lowest BCUT2D eigenvalue weighted by molar-refractivity contribution is 0.0600. The van der Waals surface area contributed by atoms with Gasteiger partial charge in [0.2, 0.25) is 0 Å². The molecule has 3 rings (SSSR count). The van der Waals surface area contributed by atoms with E-state index < -0.39 is 5.97 Å². The highest BCUT2D eigenvalue weighted by atomic mass is 35.5. The van der Waals surface area contributed by atoms with Gasteiger partial charge in [0, 0.05) is 18.6 Å². The lowest BCUT2D eigenvalue weighted by Gasteiger charge is -2.07. The molecule has 0 atom stereocenters. The molecule has 0 radical (unpaired) electrons. The predicted molar refractivity (Wildman–Crippen MR) is 87.5 cm³/mol. The van der Waals surface area contributed by atoms with Gasteiger partial charge < -0.3 is 10.1 Å². The van der Waals surface area contributed by atoms with E-state index in [1.54, 1.807) is 23.0 Å². The second-order valence-electron chi connectivity index (χ2n) is 4.38. The molecule has 23 heavy (non-hydrogen) atoms. The highest BCUT2D eigenvalue weighted by molar-refractivity contribution is 5.89. The fraction of sp³-hybridized carbons (Fsp3) is 0.0667. The minimum Gasteiger partial charge on any atom is -0.465 e. The standard InChI is InChI=1S/C15H13N5O2.ClH/c1-22-15(21)11-6-7-12(16-10-11)18-13-4-2-5-14(19-13)20-9-3-8-17-20;/h2-10H,1H3,(H,16,18,19);1H. The van der Waals surface area contributed by atoms with Gasteiger partial charge in [0.25, 0.3) is 0 Å². The number of methoxy groups -OCH3 is 1. The number of nitrogens with zero attached hydrogens (tertiary/aromatic N) is 4. The minimum absolute atomic E-state index is 0. The number of carbonyl (C=O) groups is 1. The van der Waals surface area contributed by atoms with Crippen LogP contribution in [0.15, 0.2) is 55.0 Å². The van der Waals surface area contributed by atoms with Crippen LogP contribution in [0.5, 0.6) is 0 Å². The molecule has 0 amide bonds. The minimum atomic E-state index is -0.419. The highest BCUT2D eigenvalue weighted by Crippen LogP contribution is 2.14. The topological polar surface area (TPSA) is 81.9 Å². The Kier molecular flexibility index (Phi) is 5.27. The van der Waals surface area contributed by atoms with Gasteiger partial charge in [-0.1, -0.05) is 6.07 Å². The summed E-state index contributed by atoms with van der Waals surface area (Å²) in [6, 6.07) is 10.7. The number of nitrogens with one attached hydrogen (secondary N) is 1. The summed E-state index contributed by atoms with van der Waals surface area (Å²) < 4.78 is 6.30. The summed E-state index contributed by atoms with van der Waals surface area (Å²) in [5, 5.41) is 7.21. The third-order valence-electron chi connectivity index (χ3n) is 2.91. The van der Waals surface area contributed by atoms with Gasteiger partial charge in [0.15, 0.2) is 5.82 Å². The van der Waals surface area contributed by atoms with Gasteiger partial charge in [-0.2, -0.15) is 5.10 Å². The van der Waals surface area contributed by atoms with E-state index in [0.29, 0.717) is 23.0 Å². The third kappa shape index (κ3) is 3.83. The summed E-state index contributed by atoms with van der Waals surface area (Å²) in [5.41, 5.74) is 0.395. The van der Waals surface area contributed by atoms with Crippen LogP contribution >= 0.6 is 12.4 Å². The van der Waals surface area contributed by atoms with E-state index in [-0.39, 0.29) is 12.4 Å². The molecule has 3 aromatic heterocycles. The maximum Gasteiger partial charge on any atom is 0.339 e. The molecular formula is C15H14ClN5O2. The second kappa shape index (κ2) is 7.37. The summed E-state index contributed by atoms with van der Waals surface area (Å²) in [6.07, 6.45) is 4.95. The molecule has 0 aliphatic rings. The molecule has 0 saturated heterocycles. The van der Waals surface area contributed by atoms with Crippen LogP contribution in [0.25, 0.3) is 5.82 Å². The first-order valence-electron chi connectivity index (χ1n) is 6.55. The average Bonchev–Trinajstić information content (AvgIpc) is 3.10. The first kappa shape index (κ1) is 16.4. The SMILES string of the molecule is COC(=O)c1ccc(Nc2cccc(-n3cccn3)n2)nc1.Cl. The van der Waals surface area contributed by atoms with Crippen molar-refractivity contribution in [3.63, 3.8) is 0 Å². The molecule has 118 valence electrons. The van der Waals surface area contributed by atoms with E-state index in [2.05, 4.69) is 25.1 Å². The smallest absolute Gasteiger partial charge is 0.339 e. The first-order chi connectivity index (χ1) is 10.8. The quantitative estimate of drug-likeness (QED) is 0.740. The molecular weight excluding hydrogens is 318 g/mol. The van der Waals surface area contributed by atoms with Crippen LogP contribution in [-0.2, 0) is 4.74 Å². The monoisotopic (exact) mass is 331 g/mol. The van der Waals surface area contributed by atoms with Gasteiger partial charge >= 0.3 is 5.97 Å². The number of carbonyl (C=O) groups excluding carboxylic acids is 1. The summed E-state index contributed by atoms with van der Waals surface area (Å²) >= 11 is 0. The van der Waals surface area contributed by atoms with Crippen LogP contribution < -0.4 is 5.32 Å². The molecule has 7 nitrogen and oxygen atoms in total. The zero-order valence-electron chi connectivity index (χ0n) is 12.2. The van der Waals surface area contributed by atoms with E-state index >= 15 is 0 Å². The molecule has 0 unspecified atom stereocenters. The molecule has 0 bridgehead atoms. The van der Waals surface area contributed by atoms with Crippen LogP contribution in [0.1, 0.15) is 10.4 Å². The van der Waals surface area contributed by atoms with Gasteiger partial charge in [-0.3, -0.25) is 0 Å². The summed E-state index contributed by atoms with van der Waals surface area (Å²) in [7, 11) is 1.33. The van der Waals surface area contributed by atoms with Crippen molar-refractivity contribution in [2.24, 2.45) is 0 Å². The number of aromatic nitrogens is 4.